The third kappa shape index (κ3) is 48.9. The van der Waals surface area contributed by atoms with Gasteiger partial charge in [0, 0.05) is 115 Å². The van der Waals surface area contributed by atoms with E-state index in [-0.39, 0.29) is 181 Å². The molecule has 50 heteroatoms. The molecular formula is C74H123N19O29P2. The van der Waals surface area contributed by atoms with Crippen molar-refractivity contribution in [1.82, 2.24) is 68.8 Å². The molecule has 698 valence electrons. The Bertz CT molecular complexity index is 3860. The Labute approximate surface area is 716 Å². The number of aliphatic carboxylic acids is 1. The summed E-state index contributed by atoms with van der Waals surface area (Å²) in [4.78, 5) is 226. The lowest BCUT2D eigenvalue weighted by molar-refractivity contribution is -0.139. The summed E-state index contributed by atoms with van der Waals surface area (Å²) in [7, 11) is -11.3. The number of carboxylic acid groups (broad SMARTS) is 1. The molecule has 2 aromatic carbocycles. The van der Waals surface area contributed by atoms with Crippen molar-refractivity contribution in [2.45, 2.75) is 165 Å². The smallest absolute Gasteiger partial charge is 0.407 e. The van der Waals surface area contributed by atoms with Crippen LogP contribution in [0.4, 0.5) is 25.8 Å². The van der Waals surface area contributed by atoms with Crippen LogP contribution in [0.3, 0.4) is 0 Å². The summed E-state index contributed by atoms with van der Waals surface area (Å²) in [5.74, 6) is -3.10. The number of carbonyl (C=O) groups is 15. The van der Waals surface area contributed by atoms with Crippen molar-refractivity contribution in [1.29, 1.82) is 0 Å². The van der Waals surface area contributed by atoms with Crippen LogP contribution in [0.1, 0.15) is 128 Å². The molecule has 0 spiro atoms. The second-order valence-corrected chi connectivity index (χ2v) is 32.3. The van der Waals surface area contributed by atoms with Gasteiger partial charge in [0.15, 0.2) is 0 Å². The quantitative estimate of drug-likeness (QED) is 0.0130. The van der Waals surface area contributed by atoms with Gasteiger partial charge < -0.3 is 155 Å². The third-order valence-corrected chi connectivity index (χ3v) is 21.5. The lowest BCUT2D eigenvalue weighted by Crippen LogP contribution is -2.60. The number of alkyl carbamates (subject to hydrolysis) is 1. The highest BCUT2D eigenvalue weighted by Crippen LogP contribution is 2.69. The first kappa shape index (κ1) is 109. The molecule has 124 heavy (non-hydrogen) atoms. The molecule has 0 fully saturated rings. The van der Waals surface area contributed by atoms with Gasteiger partial charge in [0.2, 0.25) is 65.0 Å². The highest BCUT2D eigenvalue weighted by Gasteiger charge is 2.58. The SMILES string of the molecule is Cc1ccccc1NC(=O)Nc1ccc(CC(=O)N[C@@H](CCCNC(N)=O)C(=O)N[C@@H](CCC(=O)O)C(=O)N[C@@H](CO)C(=O)N[C@H](C(=O)NCCOCCOCCNC(=O)CCC(=O)NCCOCCOCCNC(=O)CCC(=O)N[C@@H](CCCCNC(=O)CCCCN(N)/C=C(\N)COC(=O)NCCCC(O)(P(=O)(O)O)P(=O)(O)O)C(N)=O)C(C)C)cc1. The van der Waals surface area contributed by atoms with Crippen molar-refractivity contribution in [3.63, 3.8) is 0 Å². The molecule has 0 unspecified atom stereocenters. The second-order valence-electron chi connectivity index (χ2n) is 28.3. The molecule has 29 N–H and O–H groups in total. The molecule has 0 heterocycles. The molecule has 5 atom stereocenters. The molecule has 2 rings (SSSR count). The number of hydrazine groups is 1. The normalized spacial score (nSPS) is 12.7. The van der Waals surface area contributed by atoms with Gasteiger partial charge in [-0.3, -0.25) is 66.7 Å². The number of nitrogens with one attached hydrogen (secondary N) is 14. The van der Waals surface area contributed by atoms with Crippen LogP contribution in [0, 0.1) is 12.8 Å². The fraction of sp³-hybridized carbons (Fsp3) is 0.608. The van der Waals surface area contributed by atoms with Gasteiger partial charge in [0.05, 0.1) is 71.6 Å². The molecular weight excluding hydrogens is 1680 g/mol. The molecule has 0 aliphatic carbocycles. The van der Waals surface area contributed by atoms with Crippen LogP contribution >= 0.6 is 15.2 Å². The van der Waals surface area contributed by atoms with Gasteiger partial charge in [-0.25, -0.2) is 20.2 Å². The van der Waals surface area contributed by atoms with Gasteiger partial charge in [-0.2, -0.15) is 0 Å². The standard InChI is InChI=1S/C74H123N19O29P2/c1-48(2)65(92-69(106)57(46-94)90-68(105)56(21-26-64(101)102)89-67(104)55(15-10-29-84-71(77)108)88-63(100)44-50-17-19-52(20-18-50)86-72(109)91-53-13-5-4-12-49(53)3)70(107)83-34-39-121-43-42-120-37-32-81-60(97)23-22-59(96)80-31-36-118-40-41-119-38-33-82-61(98)24-25-62(99)87-54(66(76)103)14-6-8-28-79-58(95)16-7-9-35-93(78)45-51(75)47-122-73(110)85-30-11-27-74(111,123(112,113)114)124(115,116)117/h4-5,12-13,17-20,45,48,54-57,65,94,111H,6-11,14-16,21-44,46-47,75,78H2,1-3H3,(H2,76,103)(H,79,95)(H,80,96)(H,81,97)(H,82,98)(H,83,107)(H,85,110)(H,87,99)(H,88,100)(H,89,104)(H,90,105)(H,92,106)(H,101,102)(H3,77,84,108)(H2,86,91,109)(H2,112,113,114)(H2,115,116,117)/b51-45-/t54-,55-,56-,57-,65-/m0/s1. The second kappa shape index (κ2) is 60.7. The number of hydrogen-bond acceptors (Lipinski definition) is 27. The van der Waals surface area contributed by atoms with Crippen molar-refractivity contribution in [3.05, 3.63) is 71.6 Å². The fourth-order valence-electron chi connectivity index (χ4n) is 10.9. The minimum absolute atomic E-state index is 0.00990. The Morgan fingerprint density at radius 3 is 1.50 bits per heavy atom. The molecule has 0 aromatic heterocycles. The zero-order valence-corrected chi connectivity index (χ0v) is 71.5. The van der Waals surface area contributed by atoms with E-state index in [0.29, 0.717) is 42.6 Å². The van der Waals surface area contributed by atoms with Crippen LogP contribution in [-0.2, 0) is 96.8 Å². The number of benzene rings is 2. The maximum atomic E-state index is 13.9. The number of carbonyl (C=O) groups excluding carboxylic acids is 14. The molecule has 0 saturated carbocycles. The molecule has 0 radical (unpaired) electrons. The number of rotatable bonds is 66. The lowest BCUT2D eigenvalue weighted by Gasteiger charge is -2.29. The molecule has 2 aromatic rings. The van der Waals surface area contributed by atoms with Gasteiger partial charge in [0.25, 0.3) is 5.08 Å². The summed E-state index contributed by atoms with van der Waals surface area (Å²) in [5.41, 5.74) is 18.9. The summed E-state index contributed by atoms with van der Waals surface area (Å²) in [6.45, 7) is 5.19. The van der Waals surface area contributed by atoms with Gasteiger partial charge >= 0.3 is 39.3 Å². The van der Waals surface area contributed by atoms with Crippen LogP contribution in [0.25, 0.3) is 0 Å². The number of nitrogens with zero attached hydrogens (tertiary/aromatic N) is 1. The van der Waals surface area contributed by atoms with Gasteiger partial charge in [-0.15, -0.1) is 0 Å². The zero-order valence-electron chi connectivity index (χ0n) is 69.7. The Balaban J connectivity index is 1.57. The molecule has 0 bridgehead atoms. The average Bonchev–Trinajstić information content (AvgIpc) is 0.774. The maximum Gasteiger partial charge on any atom is 0.407 e. The maximum absolute atomic E-state index is 13.9. The first-order chi connectivity index (χ1) is 58.6. The summed E-state index contributed by atoms with van der Waals surface area (Å²) < 4.78 is 49.6. The summed E-state index contributed by atoms with van der Waals surface area (Å²) in [5, 5.41) is 62.8. The topological polar surface area (TPSA) is 754 Å². The van der Waals surface area contributed by atoms with Crippen LogP contribution in [-0.4, -0.2) is 283 Å². The van der Waals surface area contributed by atoms with E-state index in [4.69, 9.17) is 46.7 Å². The van der Waals surface area contributed by atoms with Crippen LogP contribution < -0.4 is 97.5 Å². The molecule has 16 amide bonds. The van der Waals surface area contributed by atoms with E-state index in [2.05, 4.69) is 74.4 Å². The van der Waals surface area contributed by atoms with Crippen molar-refractivity contribution >= 4 is 116 Å². The number of amides is 16. The number of aryl methyl sites for hydroxylation is 1. The van der Waals surface area contributed by atoms with E-state index < -0.39 is 173 Å². The van der Waals surface area contributed by atoms with E-state index in [0.717, 1.165) is 5.56 Å². The number of hydrogen-bond donors (Lipinski definition) is 25. The van der Waals surface area contributed by atoms with Crippen LogP contribution in [0.15, 0.2) is 60.4 Å². The fourth-order valence-corrected chi connectivity index (χ4v) is 13.2. The summed E-state index contributed by atoms with van der Waals surface area (Å²) >= 11 is 0. The lowest BCUT2D eigenvalue weighted by atomic mass is 10.0. The predicted molar refractivity (Wildman–Crippen MR) is 444 cm³/mol. The van der Waals surface area contributed by atoms with E-state index in [9.17, 15) is 116 Å². The first-order valence-corrected chi connectivity index (χ1v) is 43.1. The number of nitrogens with two attached hydrogens (primary N) is 4. The number of para-hydroxylation sites is 1. The Kier molecular flexibility index (Phi) is 53.5. The van der Waals surface area contributed by atoms with Crippen molar-refractivity contribution < 1.29 is 140 Å². The number of carboxylic acids is 1. The van der Waals surface area contributed by atoms with Crippen molar-refractivity contribution in [2.24, 2.45) is 29.0 Å². The molecule has 0 saturated heterocycles. The number of ether oxygens (including phenoxy) is 5. The number of aliphatic hydroxyl groups excluding tert-OH is 1. The van der Waals surface area contributed by atoms with Gasteiger partial charge in [-0.05, 0) is 100.0 Å². The third-order valence-electron chi connectivity index (χ3n) is 17.7. The number of anilines is 2. The van der Waals surface area contributed by atoms with E-state index in [1.165, 1.54) is 11.2 Å². The van der Waals surface area contributed by atoms with Crippen LogP contribution in [0.5, 0.6) is 0 Å². The average molecular weight is 1800 g/mol. The largest absolute Gasteiger partial charge is 0.481 e. The highest BCUT2D eigenvalue weighted by atomic mass is 31.2. The molecule has 0 aliphatic rings. The number of urea groups is 2. The van der Waals surface area contributed by atoms with Crippen LogP contribution in [0.2, 0.25) is 0 Å². The van der Waals surface area contributed by atoms with E-state index in [1.54, 1.807) is 50.2 Å². The number of primary amides is 2. The molecule has 48 nitrogen and oxygen atoms in total. The number of unbranched alkanes of at least 4 members (excludes halogenated alkanes) is 2. The van der Waals surface area contributed by atoms with Crippen molar-refractivity contribution in [2.75, 3.05) is 129 Å². The van der Waals surface area contributed by atoms with Gasteiger partial charge in [0.1, 0.15) is 36.8 Å². The Morgan fingerprint density at radius 1 is 0.492 bits per heavy atom. The Hall–Kier alpha value is -10.7. The van der Waals surface area contributed by atoms with E-state index in [1.807, 2.05) is 19.1 Å². The van der Waals surface area contributed by atoms with Gasteiger partial charge in [-0.1, -0.05) is 44.2 Å². The highest BCUT2D eigenvalue weighted by molar-refractivity contribution is 7.72. The number of aliphatic hydroxyl groups is 2. The summed E-state index contributed by atoms with van der Waals surface area (Å²) in [6, 6.07) is 5.23. The first-order valence-electron chi connectivity index (χ1n) is 39.9. The Morgan fingerprint density at radius 2 is 0.976 bits per heavy atom. The van der Waals surface area contributed by atoms with E-state index >= 15 is 0 Å². The zero-order chi connectivity index (χ0) is 92.6. The van der Waals surface area contributed by atoms with Crippen molar-refractivity contribution in [3.8, 4) is 0 Å². The predicted octanol–water partition coefficient (Wildman–Crippen LogP) is -3.92. The molecule has 0 aliphatic heterocycles. The minimum Gasteiger partial charge on any atom is -0.481 e. The monoisotopic (exact) mass is 1800 g/mol. The minimum atomic E-state index is -5.64. The summed E-state index contributed by atoms with van der Waals surface area (Å²) in [6.07, 6.45) is -1.10.